The van der Waals surface area contributed by atoms with Crippen LogP contribution in [-0.4, -0.2) is 51.3 Å². The summed E-state index contributed by atoms with van der Waals surface area (Å²) in [6.07, 6.45) is 3.72. The fourth-order valence-electron chi connectivity index (χ4n) is 2.87. The van der Waals surface area contributed by atoms with Gasteiger partial charge in [0.2, 0.25) is 16.7 Å². The largest absolute Gasteiger partial charge is 0.353 e. The van der Waals surface area contributed by atoms with Crippen LogP contribution in [0.15, 0.2) is 48.8 Å². The Morgan fingerprint density at radius 3 is 2.38 bits per heavy atom. The smallest absolute Gasteiger partial charge is 0.211 e. The van der Waals surface area contributed by atoms with Gasteiger partial charge in [-0.05, 0) is 24.3 Å². The van der Waals surface area contributed by atoms with Crippen LogP contribution in [0.25, 0.3) is 0 Å². The lowest BCUT2D eigenvalue weighted by Gasteiger charge is -2.34. The number of pyridine rings is 2. The normalized spacial score (nSPS) is 14.5. The van der Waals surface area contributed by atoms with Gasteiger partial charge in [0, 0.05) is 55.8 Å². The highest BCUT2D eigenvalue weighted by Crippen LogP contribution is 2.21. The number of ketones is 1. The van der Waals surface area contributed by atoms with Gasteiger partial charge in [-0.1, -0.05) is 12.1 Å². The van der Waals surface area contributed by atoms with E-state index in [9.17, 15) is 4.79 Å². The second-order valence-electron chi connectivity index (χ2n) is 5.98. The van der Waals surface area contributed by atoms with Gasteiger partial charge in [0.25, 0.3) is 0 Å². The number of Topliss-reactive ketones (excluding diaryl/α,β-unsaturated/α-hetero) is 1. The maximum atomic E-state index is 12.4. The molecule has 0 spiro atoms. The van der Waals surface area contributed by atoms with Crippen LogP contribution < -0.4 is 9.80 Å². The molecule has 0 bridgehead atoms. The number of aromatic nitrogens is 4. The van der Waals surface area contributed by atoms with Crippen molar-refractivity contribution in [2.45, 2.75) is 6.42 Å². The topological polar surface area (TPSA) is 75.1 Å². The number of rotatable bonds is 5. The van der Waals surface area contributed by atoms with E-state index >= 15 is 0 Å². The van der Waals surface area contributed by atoms with Gasteiger partial charge in [0.15, 0.2) is 0 Å². The standard InChI is InChI=1S/C18H18N6OS/c25-15(13-14-5-1-3-7-19-14)17-21-18(26-22-17)24-11-9-23(10-12-24)16-6-2-4-8-20-16/h1-8H,9-13H2. The minimum atomic E-state index is -0.0988. The quantitative estimate of drug-likeness (QED) is 0.640. The van der Waals surface area contributed by atoms with Crippen LogP contribution in [0.4, 0.5) is 10.9 Å². The first-order valence-corrected chi connectivity index (χ1v) is 9.25. The molecule has 26 heavy (non-hydrogen) atoms. The molecule has 1 aliphatic rings. The van der Waals surface area contributed by atoms with Gasteiger partial charge in [0.1, 0.15) is 5.82 Å². The summed E-state index contributed by atoms with van der Waals surface area (Å²) < 4.78 is 4.25. The third-order valence-electron chi connectivity index (χ3n) is 4.26. The van der Waals surface area contributed by atoms with E-state index in [1.165, 1.54) is 11.5 Å². The molecule has 1 aliphatic heterocycles. The first-order valence-electron chi connectivity index (χ1n) is 8.47. The van der Waals surface area contributed by atoms with Crippen molar-refractivity contribution in [3.63, 3.8) is 0 Å². The predicted molar refractivity (Wildman–Crippen MR) is 101 cm³/mol. The Morgan fingerprint density at radius 2 is 1.69 bits per heavy atom. The third-order valence-corrected chi connectivity index (χ3v) is 5.03. The van der Waals surface area contributed by atoms with Gasteiger partial charge in [-0.3, -0.25) is 9.78 Å². The van der Waals surface area contributed by atoms with Crippen molar-refractivity contribution in [1.29, 1.82) is 0 Å². The summed E-state index contributed by atoms with van der Waals surface area (Å²) in [6, 6.07) is 11.5. The molecule has 132 valence electrons. The number of hydrogen-bond donors (Lipinski definition) is 0. The van der Waals surface area contributed by atoms with Crippen molar-refractivity contribution >= 4 is 28.3 Å². The Hall–Kier alpha value is -2.87. The molecule has 8 heteroatoms. The average molecular weight is 366 g/mol. The van der Waals surface area contributed by atoms with Crippen LogP contribution in [-0.2, 0) is 6.42 Å². The van der Waals surface area contributed by atoms with E-state index in [0.29, 0.717) is 0 Å². The zero-order chi connectivity index (χ0) is 17.8. The predicted octanol–water partition coefficient (Wildman–Crippen LogP) is 2.08. The molecule has 3 aromatic rings. The summed E-state index contributed by atoms with van der Waals surface area (Å²) in [7, 11) is 0. The Balaban J connectivity index is 1.37. The first kappa shape index (κ1) is 16.6. The molecular weight excluding hydrogens is 348 g/mol. The summed E-state index contributed by atoms with van der Waals surface area (Å²) in [5.41, 5.74) is 0.734. The molecule has 4 heterocycles. The van der Waals surface area contributed by atoms with Gasteiger partial charge in [0.05, 0.1) is 6.42 Å². The summed E-state index contributed by atoms with van der Waals surface area (Å²) in [4.78, 5) is 29.8. The number of hydrogen-bond acceptors (Lipinski definition) is 8. The molecule has 1 saturated heterocycles. The third kappa shape index (κ3) is 3.70. The fourth-order valence-corrected chi connectivity index (χ4v) is 3.61. The lowest BCUT2D eigenvalue weighted by molar-refractivity contribution is 0.0983. The Kier molecular flexibility index (Phi) is 4.83. The summed E-state index contributed by atoms with van der Waals surface area (Å²) in [6.45, 7) is 3.40. The molecule has 0 aromatic carbocycles. The highest BCUT2D eigenvalue weighted by molar-refractivity contribution is 7.09. The Labute approximate surface area is 155 Å². The zero-order valence-electron chi connectivity index (χ0n) is 14.2. The van der Waals surface area contributed by atoms with Crippen LogP contribution in [0.2, 0.25) is 0 Å². The van der Waals surface area contributed by atoms with Crippen LogP contribution in [0, 0.1) is 0 Å². The van der Waals surface area contributed by atoms with Crippen LogP contribution >= 0.6 is 11.5 Å². The first-order chi connectivity index (χ1) is 12.8. The lowest BCUT2D eigenvalue weighted by atomic mass is 10.2. The highest BCUT2D eigenvalue weighted by Gasteiger charge is 2.22. The second kappa shape index (κ2) is 7.57. The van der Waals surface area contributed by atoms with E-state index in [-0.39, 0.29) is 18.0 Å². The molecule has 1 fully saturated rings. The molecule has 7 nitrogen and oxygen atoms in total. The van der Waals surface area contributed by atoms with Gasteiger partial charge < -0.3 is 9.80 Å². The SMILES string of the molecule is O=C(Cc1ccccn1)c1nsc(N2CCN(c3ccccn3)CC2)n1. The number of anilines is 2. The monoisotopic (exact) mass is 366 g/mol. The molecule has 0 N–H and O–H groups in total. The van der Waals surface area contributed by atoms with Crippen molar-refractivity contribution in [2.24, 2.45) is 0 Å². The zero-order valence-corrected chi connectivity index (χ0v) is 15.0. The van der Waals surface area contributed by atoms with Gasteiger partial charge in [-0.15, -0.1) is 0 Å². The number of carbonyl (C=O) groups is 1. The molecule has 0 aliphatic carbocycles. The highest BCUT2D eigenvalue weighted by atomic mass is 32.1. The van der Waals surface area contributed by atoms with E-state index < -0.39 is 0 Å². The van der Waals surface area contributed by atoms with Crippen molar-refractivity contribution in [2.75, 3.05) is 36.0 Å². The van der Waals surface area contributed by atoms with Gasteiger partial charge >= 0.3 is 0 Å². The van der Waals surface area contributed by atoms with E-state index in [0.717, 1.165) is 42.8 Å². The van der Waals surface area contributed by atoms with Crippen molar-refractivity contribution in [1.82, 2.24) is 19.3 Å². The maximum absolute atomic E-state index is 12.4. The maximum Gasteiger partial charge on any atom is 0.211 e. The van der Waals surface area contributed by atoms with Gasteiger partial charge in [-0.2, -0.15) is 9.36 Å². The minimum Gasteiger partial charge on any atom is -0.353 e. The average Bonchev–Trinajstić information content (AvgIpc) is 3.20. The molecule has 0 unspecified atom stereocenters. The summed E-state index contributed by atoms with van der Waals surface area (Å²) in [5.74, 6) is 1.18. The van der Waals surface area contributed by atoms with E-state index in [1.54, 1.807) is 6.20 Å². The summed E-state index contributed by atoms with van der Waals surface area (Å²) in [5, 5.41) is 0.801. The van der Waals surface area contributed by atoms with E-state index in [2.05, 4.69) is 29.1 Å². The van der Waals surface area contributed by atoms with Crippen LogP contribution in [0.5, 0.6) is 0 Å². The number of piperazine rings is 1. The van der Waals surface area contributed by atoms with Crippen molar-refractivity contribution in [3.8, 4) is 0 Å². The molecule has 0 saturated carbocycles. The Morgan fingerprint density at radius 1 is 0.962 bits per heavy atom. The molecule has 4 rings (SSSR count). The molecule has 3 aromatic heterocycles. The van der Waals surface area contributed by atoms with Crippen molar-refractivity contribution < 1.29 is 4.79 Å². The van der Waals surface area contributed by atoms with Gasteiger partial charge in [-0.25, -0.2) is 4.98 Å². The fraction of sp³-hybridized carbons (Fsp3) is 0.278. The Bertz CT molecular complexity index is 862. The molecular formula is C18H18N6OS. The van der Waals surface area contributed by atoms with Crippen LogP contribution in [0.1, 0.15) is 16.3 Å². The van der Waals surface area contributed by atoms with Crippen molar-refractivity contribution in [3.05, 3.63) is 60.3 Å². The van der Waals surface area contributed by atoms with Crippen LogP contribution in [0.3, 0.4) is 0 Å². The molecule has 0 radical (unpaired) electrons. The summed E-state index contributed by atoms with van der Waals surface area (Å²) >= 11 is 1.28. The second-order valence-corrected chi connectivity index (χ2v) is 6.71. The van der Waals surface area contributed by atoms with E-state index in [4.69, 9.17) is 0 Å². The van der Waals surface area contributed by atoms with E-state index in [1.807, 2.05) is 42.6 Å². The number of carbonyl (C=O) groups excluding carboxylic acids is 1. The minimum absolute atomic E-state index is 0.0988. The molecule has 0 amide bonds. The molecule has 0 atom stereocenters. The lowest BCUT2D eigenvalue weighted by Crippen LogP contribution is -2.46. The number of nitrogens with zero attached hydrogens (tertiary/aromatic N) is 6.